The molecule has 0 aliphatic carbocycles. The molecule has 2 aliphatic heterocycles. The van der Waals surface area contributed by atoms with Crippen molar-refractivity contribution in [3.63, 3.8) is 0 Å². The number of nitrogens with one attached hydrogen (secondary N) is 3. The van der Waals surface area contributed by atoms with Crippen molar-refractivity contribution in [2.75, 3.05) is 13.7 Å². The Hall–Kier alpha value is -1.95. The standard InChI is InChI=1S/C20H31N3O3/c1-19(2)10-15(11-20(3,4)23-19)22-18(24)21-14-8-13-6-7-16(25-5)9-17(13)26-12-14/h6-7,9,14-15,23H,8,10-12H2,1-5H3,(H2,21,22,24). The van der Waals surface area contributed by atoms with E-state index in [9.17, 15) is 4.79 Å². The summed E-state index contributed by atoms with van der Waals surface area (Å²) >= 11 is 0. The fourth-order valence-electron chi connectivity index (χ4n) is 4.41. The summed E-state index contributed by atoms with van der Waals surface area (Å²) in [6.07, 6.45) is 2.58. The first-order valence-electron chi connectivity index (χ1n) is 9.32. The lowest BCUT2D eigenvalue weighted by molar-refractivity contribution is 0.145. The molecule has 2 aliphatic rings. The van der Waals surface area contributed by atoms with Crippen LogP contribution in [0.1, 0.15) is 46.1 Å². The van der Waals surface area contributed by atoms with E-state index < -0.39 is 0 Å². The maximum Gasteiger partial charge on any atom is 0.315 e. The van der Waals surface area contributed by atoms with E-state index in [4.69, 9.17) is 9.47 Å². The summed E-state index contributed by atoms with van der Waals surface area (Å²) in [6.45, 7) is 9.19. The number of rotatable bonds is 3. The zero-order valence-corrected chi connectivity index (χ0v) is 16.4. The number of methoxy groups -OCH3 is 1. The van der Waals surface area contributed by atoms with E-state index in [1.165, 1.54) is 0 Å². The van der Waals surface area contributed by atoms with Crippen molar-refractivity contribution in [1.29, 1.82) is 0 Å². The minimum atomic E-state index is -0.117. The molecular weight excluding hydrogens is 330 g/mol. The van der Waals surface area contributed by atoms with Crippen molar-refractivity contribution >= 4 is 6.03 Å². The van der Waals surface area contributed by atoms with E-state index in [0.29, 0.717) is 6.61 Å². The number of fused-ring (bicyclic) bond motifs is 1. The maximum atomic E-state index is 12.5. The zero-order valence-electron chi connectivity index (χ0n) is 16.4. The SMILES string of the molecule is COc1ccc2c(c1)OCC(NC(=O)NC1CC(C)(C)NC(C)(C)C1)C2. The van der Waals surface area contributed by atoms with E-state index >= 15 is 0 Å². The van der Waals surface area contributed by atoms with Crippen LogP contribution >= 0.6 is 0 Å². The van der Waals surface area contributed by atoms with Crippen LogP contribution in [-0.4, -0.2) is 42.9 Å². The topological polar surface area (TPSA) is 71.6 Å². The molecule has 2 amide bonds. The Bertz CT molecular complexity index is 656. The maximum absolute atomic E-state index is 12.5. The van der Waals surface area contributed by atoms with Crippen LogP contribution in [0.25, 0.3) is 0 Å². The third-order valence-electron chi connectivity index (χ3n) is 5.04. The normalized spacial score (nSPS) is 24.1. The van der Waals surface area contributed by atoms with Gasteiger partial charge in [0.05, 0.1) is 13.2 Å². The molecule has 2 heterocycles. The number of hydrogen-bond acceptors (Lipinski definition) is 4. The lowest BCUT2D eigenvalue weighted by atomic mass is 9.80. The molecule has 3 N–H and O–H groups in total. The van der Waals surface area contributed by atoms with Gasteiger partial charge in [0, 0.05) is 23.2 Å². The number of urea groups is 1. The monoisotopic (exact) mass is 361 g/mol. The predicted molar refractivity (Wildman–Crippen MR) is 102 cm³/mol. The molecule has 1 fully saturated rings. The van der Waals surface area contributed by atoms with Gasteiger partial charge in [-0.1, -0.05) is 6.07 Å². The molecule has 26 heavy (non-hydrogen) atoms. The number of ether oxygens (including phenoxy) is 2. The van der Waals surface area contributed by atoms with Gasteiger partial charge >= 0.3 is 6.03 Å². The van der Waals surface area contributed by atoms with Crippen molar-refractivity contribution in [1.82, 2.24) is 16.0 Å². The second-order valence-electron chi connectivity index (χ2n) is 8.80. The molecule has 1 unspecified atom stereocenters. The second-order valence-corrected chi connectivity index (χ2v) is 8.80. The third-order valence-corrected chi connectivity index (χ3v) is 5.04. The van der Waals surface area contributed by atoms with E-state index in [0.717, 1.165) is 36.3 Å². The molecule has 1 aromatic rings. The third kappa shape index (κ3) is 4.61. The first-order chi connectivity index (χ1) is 12.2. The van der Waals surface area contributed by atoms with Gasteiger partial charge in [-0.2, -0.15) is 0 Å². The highest BCUT2D eigenvalue weighted by Gasteiger charge is 2.38. The van der Waals surface area contributed by atoms with E-state index in [1.54, 1.807) is 7.11 Å². The Balaban J connectivity index is 1.55. The number of hydrogen-bond donors (Lipinski definition) is 3. The summed E-state index contributed by atoms with van der Waals surface area (Å²) in [7, 11) is 1.64. The fourth-order valence-corrected chi connectivity index (χ4v) is 4.41. The van der Waals surface area contributed by atoms with Gasteiger partial charge in [-0.05, 0) is 58.6 Å². The minimum absolute atomic E-state index is 0.00560. The lowest BCUT2D eigenvalue weighted by Crippen LogP contribution is -2.63. The number of piperidine rings is 1. The Morgan fingerprint density at radius 3 is 2.46 bits per heavy atom. The lowest BCUT2D eigenvalue weighted by Gasteiger charge is -2.46. The number of carbonyl (C=O) groups is 1. The summed E-state index contributed by atoms with van der Waals surface area (Å²) in [4.78, 5) is 12.5. The smallest absolute Gasteiger partial charge is 0.315 e. The Morgan fingerprint density at radius 1 is 1.15 bits per heavy atom. The molecule has 6 heteroatoms. The Labute approximate surface area is 156 Å². The van der Waals surface area contributed by atoms with Crippen LogP contribution in [0.3, 0.4) is 0 Å². The van der Waals surface area contributed by atoms with Gasteiger partial charge in [0.15, 0.2) is 0 Å². The molecule has 0 aromatic heterocycles. The Morgan fingerprint density at radius 2 is 1.81 bits per heavy atom. The van der Waals surface area contributed by atoms with E-state index in [1.807, 2.05) is 18.2 Å². The van der Waals surface area contributed by atoms with Crippen LogP contribution < -0.4 is 25.4 Å². The zero-order chi connectivity index (χ0) is 18.9. The number of carbonyl (C=O) groups excluding carboxylic acids is 1. The first-order valence-corrected chi connectivity index (χ1v) is 9.32. The predicted octanol–water partition coefficient (Wildman–Crippen LogP) is 2.61. The van der Waals surface area contributed by atoms with Crippen molar-refractivity contribution in [3.05, 3.63) is 23.8 Å². The van der Waals surface area contributed by atoms with Gasteiger partial charge in [0.25, 0.3) is 0 Å². The molecule has 0 spiro atoms. The van der Waals surface area contributed by atoms with E-state index in [-0.39, 0.29) is 29.2 Å². The van der Waals surface area contributed by atoms with Crippen molar-refractivity contribution < 1.29 is 14.3 Å². The molecule has 0 radical (unpaired) electrons. The molecule has 3 rings (SSSR count). The van der Waals surface area contributed by atoms with Gasteiger partial charge in [-0.25, -0.2) is 4.79 Å². The van der Waals surface area contributed by atoms with Gasteiger partial charge in [0.1, 0.15) is 18.1 Å². The molecule has 1 atom stereocenters. The average molecular weight is 361 g/mol. The highest BCUT2D eigenvalue weighted by molar-refractivity contribution is 5.74. The van der Waals surface area contributed by atoms with Gasteiger partial charge < -0.3 is 25.4 Å². The van der Waals surface area contributed by atoms with Crippen molar-refractivity contribution in [2.45, 2.75) is 70.1 Å². The van der Waals surface area contributed by atoms with Crippen LogP contribution in [0.15, 0.2) is 18.2 Å². The van der Waals surface area contributed by atoms with Crippen molar-refractivity contribution in [2.24, 2.45) is 0 Å². The highest BCUT2D eigenvalue weighted by atomic mass is 16.5. The Kier molecular flexibility index (Phi) is 5.06. The highest BCUT2D eigenvalue weighted by Crippen LogP contribution is 2.30. The average Bonchev–Trinajstić information content (AvgIpc) is 2.51. The molecule has 0 saturated carbocycles. The van der Waals surface area contributed by atoms with Crippen molar-refractivity contribution in [3.8, 4) is 11.5 Å². The molecule has 1 aromatic carbocycles. The second kappa shape index (κ2) is 6.99. The largest absolute Gasteiger partial charge is 0.497 e. The first kappa shape index (κ1) is 18.8. The molecule has 1 saturated heterocycles. The number of amides is 2. The van der Waals surface area contributed by atoms with Crippen LogP contribution in [0.4, 0.5) is 4.79 Å². The summed E-state index contributed by atoms with van der Waals surface area (Å²) in [5.41, 5.74) is 1.10. The summed E-state index contributed by atoms with van der Waals surface area (Å²) < 4.78 is 11.0. The molecule has 144 valence electrons. The minimum Gasteiger partial charge on any atom is -0.497 e. The van der Waals surface area contributed by atoms with Crippen LogP contribution in [0, 0.1) is 0 Å². The summed E-state index contributed by atoms with van der Waals surface area (Å²) in [5, 5.41) is 9.85. The van der Waals surface area contributed by atoms with E-state index in [2.05, 4.69) is 43.6 Å². The van der Waals surface area contributed by atoms with Gasteiger partial charge in [0.2, 0.25) is 0 Å². The molecule has 0 bridgehead atoms. The van der Waals surface area contributed by atoms with Gasteiger partial charge in [-0.3, -0.25) is 0 Å². The summed E-state index contributed by atoms with van der Waals surface area (Å²) in [5.74, 6) is 1.62. The fraction of sp³-hybridized carbons (Fsp3) is 0.650. The quantitative estimate of drug-likeness (QED) is 0.774. The molecular formula is C20H31N3O3. The van der Waals surface area contributed by atoms with Crippen LogP contribution in [-0.2, 0) is 6.42 Å². The summed E-state index contributed by atoms with van der Waals surface area (Å²) in [6, 6.07) is 5.82. The molecule has 6 nitrogen and oxygen atoms in total. The van der Waals surface area contributed by atoms with Crippen LogP contribution in [0.5, 0.6) is 11.5 Å². The van der Waals surface area contributed by atoms with Crippen LogP contribution in [0.2, 0.25) is 0 Å². The number of benzene rings is 1. The van der Waals surface area contributed by atoms with Gasteiger partial charge in [-0.15, -0.1) is 0 Å².